The SMILES string of the molecule is CC1(C)C(=O)OCCN1S(=O)(=O)c1cc(C(=O)O)ccc1Cl. The molecule has 0 aliphatic carbocycles. The van der Waals surface area contributed by atoms with Crippen molar-refractivity contribution in [2.45, 2.75) is 24.3 Å². The fraction of sp³-hybridized carbons (Fsp3) is 0.385. The van der Waals surface area contributed by atoms with Gasteiger partial charge in [-0.25, -0.2) is 13.2 Å². The first-order valence-corrected chi connectivity index (χ1v) is 8.13. The van der Waals surface area contributed by atoms with Crippen molar-refractivity contribution in [2.24, 2.45) is 0 Å². The highest BCUT2D eigenvalue weighted by molar-refractivity contribution is 7.89. The average molecular weight is 348 g/mol. The van der Waals surface area contributed by atoms with Gasteiger partial charge in [0.15, 0.2) is 0 Å². The molecule has 1 heterocycles. The van der Waals surface area contributed by atoms with Crippen LogP contribution in [0.3, 0.4) is 0 Å². The zero-order valence-corrected chi connectivity index (χ0v) is 13.4. The van der Waals surface area contributed by atoms with Gasteiger partial charge in [-0.2, -0.15) is 4.31 Å². The Morgan fingerprint density at radius 2 is 2.05 bits per heavy atom. The molecule has 0 saturated carbocycles. The molecule has 1 aromatic rings. The lowest BCUT2D eigenvalue weighted by molar-refractivity contribution is -0.160. The summed E-state index contributed by atoms with van der Waals surface area (Å²) in [5.74, 6) is -1.95. The van der Waals surface area contributed by atoms with Crippen molar-refractivity contribution in [2.75, 3.05) is 13.2 Å². The van der Waals surface area contributed by atoms with E-state index in [1.807, 2.05) is 0 Å². The third-order valence-electron chi connectivity index (χ3n) is 3.40. The quantitative estimate of drug-likeness (QED) is 0.828. The molecule has 7 nitrogen and oxygen atoms in total. The van der Waals surface area contributed by atoms with Crippen LogP contribution in [0, 0.1) is 0 Å². The number of hydrogen-bond donors (Lipinski definition) is 1. The zero-order valence-electron chi connectivity index (χ0n) is 11.9. The molecule has 1 aromatic carbocycles. The Labute approximate surface area is 132 Å². The molecule has 120 valence electrons. The lowest BCUT2D eigenvalue weighted by Crippen LogP contribution is -2.58. The smallest absolute Gasteiger partial charge is 0.335 e. The molecule has 22 heavy (non-hydrogen) atoms. The van der Waals surface area contributed by atoms with Crippen LogP contribution in [-0.2, 0) is 19.6 Å². The molecule has 0 aromatic heterocycles. The lowest BCUT2D eigenvalue weighted by Gasteiger charge is -2.38. The minimum absolute atomic E-state index is 0.0330. The lowest BCUT2D eigenvalue weighted by atomic mass is 10.1. The highest BCUT2D eigenvalue weighted by Gasteiger charge is 2.47. The van der Waals surface area contributed by atoms with Crippen molar-refractivity contribution < 1.29 is 27.9 Å². The first-order chi connectivity index (χ1) is 10.1. The Kier molecular flexibility index (Phi) is 4.20. The molecule has 1 N–H and O–H groups in total. The summed E-state index contributed by atoms with van der Waals surface area (Å²) < 4.78 is 31.4. The van der Waals surface area contributed by atoms with E-state index in [4.69, 9.17) is 21.4 Å². The minimum Gasteiger partial charge on any atom is -0.478 e. The number of benzene rings is 1. The van der Waals surface area contributed by atoms with Gasteiger partial charge in [0.05, 0.1) is 10.6 Å². The van der Waals surface area contributed by atoms with Gasteiger partial charge in [-0.15, -0.1) is 0 Å². The van der Waals surface area contributed by atoms with Crippen LogP contribution in [0.5, 0.6) is 0 Å². The second-order valence-electron chi connectivity index (χ2n) is 5.22. The van der Waals surface area contributed by atoms with Crippen LogP contribution in [0.25, 0.3) is 0 Å². The number of rotatable bonds is 3. The summed E-state index contributed by atoms with van der Waals surface area (Å²) in [6, 6.07) is 3.39. The van der Waals surface area contributed by atoms with E-state index in [0.717, 1.165) is 10.4 Å². The Balaban J connectivity index is 2.57. The van der Waals surface area contributed by atoms with E-state index < -0.39 is 27.5 Å². The summed E-state index contributed by atoms with van der Waals surface area (Å²) >= 11 is 5.92. The third-order valence-corrected chi connectivity index (χ3v) is 5.95. The maximum Gasteiger partial charge on any atom is 0.335 e. The molecule has 0 unspecified atom stereocenters. The molecule has 1 aliphatic rings. The Bertz CT molecular complexity index is 743. The molecule has 1 saturated heterocycles. The summed E-state index contributed by atoms with van der Waals surface area (Å²) in [5, 5.41) is 8.88. The first kappa shape index (κ1) is 16.7. The summed E-state index contributed by atoms with van der Waals surface area (Å²) in [6.07, 6.45) is 0. The molecule has 0 bridgehead atoms. The van der Waals surface area contributed by atoms with Crippen LogP contribution < -0.4 is 0 Å². The predicted octanol–water partition coefficient (Wildman–Crippen LogP) is 1.36. The summed E-state index contributed by atoms with van der Waals surface area (Å²) in [6.45, 7) is 2.73. The fourth-order valence-corrected chi connectivity index (χ4v) is 4.38. The van der Waals surface area contributed by atoms with Gasteiger partial charge < -0.3 is 9.84 Å². The molecule has 0 radical (unpaired) electrons. The van der Waals surface area contributed by atoms with Crippen LogP contribution in [0.1, 0.15) is 24.2 Å². The van der Waals surface area contributed by atoms with E-state index in [0.29, 0.717) is 0 Å². The van der Waals surface area contributed by atoms with Crippen LogP contribution in [0.4, 0.5) is 0 Å². The number of carbonyl (C=O) groups is 2. The topological polar surface area (TPSA) is 101 Å². The number of esters is 1. The second-order valence-corrected chi connectivity index (χ2v) is 7.46. The molecule has 2 rings (SSSR count). The van der Waals surface area contributed by atoms with E-state index >= 15 is 0 Å². The fourth-order valence-electron chi connectivity index (χ4n) is 2.15. The number of carboxylic acids is 1. The number of sulfonamides is 1. The van der Waals surface area contributed by atoms with E-state index in [9.17, 15) is 18.0 Å². The number of carbonyl (C=O) groups excluding carboxylic acids is 1. The highest BCUT2D eigenvalue weighted by Crippen LogP contribution is 2.32. The zero-order chi connectivity index (χ0) is 16.7. The standard InChI is InChI=1S/C13H14ClNO6S/c1-13(2)12(18)21-6-5-15(13)22(19,20)10-7-8(11(16)17)3-4-9(10)14/h3-4,7H,5-6H2,1-2H3,(H,16,17). The van der Waals surface area contributed by atoms with Crippen molar-refractivity contribution in [3.8, 4) is 0 Å². The first-order valence-electron chi connectivity index (χ1n) is 6.31. The number of aromatic carboxylic acids is 1. The number of morpholine rings is 1. The van der Waals surface area contributed by atoms with Gasteiger partial charge in [-0.05, 0) is 32.0 Å². The third kappa shape index (κ3) is 2.69. The van der Waals surface area contributed by atoms with Crippen molar-refractivity contribution in [3.05, 3.63) is 28.8 Å². The van der Waals surface area contributed by atoms with Crippen LogP contribution >= 0.6 is 11.6 Å². The predicted molar refractivity (Wildman–Crippen MR) is 77.3 cm³/mol. The summed E-state index contributed by atoms with van der Waals surface area (Å²) in [5.41, 5.74) is -1.61. The minimum atomic E-state index is -4.15. The normalized spacial score (nSPS) is 18.8. The van der Waals surface area contributed by atoms with Crippen molar-refractivity contribution in [3.63, 3.8) is 0 Å². The molecule has 0 spiro atoms. The molecule has 0 amide bonds. The van der Waals surface area contributed by atoms with E-state index in [-0.39, 0.29) is 28.6 Å². The Morgan fingerprint density at radius 1 is 1.41 bits per heavy atom. The number of carboxylic acid groups (broad SMARTS) is 1. The van der Waals surface area contributed by atoms with Gasteiger partial charge in [0.2, 0.25) is 10.0 Å². The Morgan fingerprint density at radius 3 is 2.64 bits per heavy atom. The maximum atomic E-state index is 12.8. The molecular weight excluding hydrogens is 334 g/mol. The van der Waals surface area contributed by atoms with Crippen LogP contribution in [-0.4, -0.2) is 48.5 Å². The number of cyclic esters (lactones) is 1. The van der Waals surface area contributed by atoms with Gasteiger partial charge in [-0.3, -0.25) is 4.79 Å². The highest BCUT2D eigenvalue weighted by atomic mass is 35.5. The van der Waals surface area contributed by atoms with Crippen LogP contribution in [0.2, 0.25) is 5.02 Å². The molecule has 1 fully saturated rings. The molecular formula is C13H14ClNO6S. The number of nitrogens with zero attached hydrogens (tertiary/aromatic N) is 1. The number of ether oxygens (including phenoxy) is 1. The van der Waals surface area contributed by atoms with Crippen molar-refractivity contribution in [1.29, 1.82) is 0 Å². The number of halogens is 1. The van der Waals surface area contributed by atoms with Gasteiger partial charge in [-0.1, -0.05) is 11.6 Å². The van der Waals surface area contributed by atoms with Crippen LogP contribution in [0.15, 0.2) is 23.1 Å². The molecule has 1 aliphatic heterocycles. The molecule has 0 atom stereocenters. The van der Waals surface area contributed by atoms with Gasteiger partial charge in [0.1, 0.15) is 17.0 Å². The Hall–Kier alpha value is -1.64. The largest absolute Gasteiger partial charge is 0.478 e. The monoisotopic (exact) mass is 347 g/mol. The van der Waals surface area contributed by atoms with Gasteiger partial charge >= 0.3 is 11.9 Å². The van der Waals surface area contributed by atoms with E-state index in [1.54, 1.807) is 0 Å². The van der Waals surface area contributed by atoms with Crippen molar-refractivity contribution >= 4 is 33.6 Å². The van der Waals surface area contributed by atoms with E-state index in [1.165, 1.54) is 26.0 Å². The van der Waals surface area contributed by atoms with Gasteiger partial charge in [0.25, 0.3) is 0 Å². The van der Waals surface area contributed by atoms with E-state index in [2.05, 4.69) is 0 Å². The summed E-state index contributed by atoms with van der Waals surface area (Å²) in [4.78, 5) is 22.5. The second kappa shape index (κ2) is 5.53. The average Bonchev–Trinajstić information content (AvgIpc) is 2.41. The maximum absolute atomic E-state index is 12.8. The van der Waals surface area contributed by atoms with Gasteiger partial charge in [0, 0.05) is 6.54 Å². The van der Waals surface area contributed by atoms with Crippen molar-refractivity contribution in [1.82, 2.24) is 4.31 Å². The molecule has 9 heteroatoms. The number of hydrogen-bond acceptors (Lipinski definition) is 5. The summed E-state index contributed by atoms with van der Waals surface area (Å²) in [7, 11) is -4.15.